The number of sulfonamides is 1. The molecule has 1 amide bonds. The fraction of sp³-hybridized carbons (Fsp3) is 0.667. The quantitative estimate of drug-likeness (QED) is 0.799. The first-order valence-electron chi connectivity index (χ1n) is 6.94. The zero-order valence-electron chi connectivity index (χ0n) is 12.3. The Bertz CT molecular complexity index is 617. The highest BCUT2D eigenvalue weighted by molar-refractivity contribution is 7.89. The maximum atomic E-state index is 12.3. The molecule has 3 N–H and O–H groups in total. The predicted molar refractivity (Wildman–Crippen MR) is 79.3 cm³/mol. The molecule has 0 spiro atoms. The second-order valence-corrected chi connectivity index (χ2v) is 7.21. The first-order valence-corrected chi connectivity index (χ1v) is 8.55. The van der Waals surface area contributed by atoms with E-state index >= 15 is 0 Å². The van der Waals surface area contributed by atoms with E-state index in [9.17, 15) is 13.2 Å². The minimum atomic E-state index is -3.20. The Balaban J connectivity index is 2.01. The molecular weight excluding hydrogens is 294 g/mol. The zero-order valence-corrected chi connectivity index (χ0v) is 13.1. The lowest BCUT2D eigenvalue weighted by atomic mass is 10.2. The van der Waals surface area contributed by atoms with Crippen LogP contribution in [0.4, 0.5) is 5.69 Å². The van der Waals surface area contributed by atoms with Crippen molar-refractivity contribution in [3.05, 3.63) is 11.4 Å². The van der Waals surface area contributed by atoms with Crippen molar-refractivity contribution >= 4 is 21.6 Å². The molecule has 0 unspecified atom stereocenters. The van der Waals surface area contributed by atoms with Gasteiger partial charge in [0, 0.05) is 26.2 Å². The topological polar surface area (TPSA) is 112 Å². The summed E-state index contributed by atoms with van der Waals surface area (Å²) < 4.78 is 25.4. The number of amides is 1. The van der Waals surface area contributed by atoms with Gasteiger partial charge in [-0.25, -0.2) is 8.42 Å². The summed E-state index contributed by atoms with van der Waals surface area (Å²) in [6.07, 6.45) is 0.588. The first kappa shape index (κ1) is 15.8. The third kappa shape index (κ3) is 3.18. The Labute approximate surface area is 124 Å². The van der Waals surface area contributed by atoms with Gasteiger partial charge in [-0.05, 0) is 13.3 Å². The van der Waals surface area contributed by atoms with Crippen molar-refractivity contribution in [1.29, 1.82) is 0 Å². The standard InChI is InChI=1S/C12H21N5O3S/c1-3-8-21(19,20)17-6-4-16(5-7-17)12(18)11-10(13)9(2)14-15-11/h3-8,13H2,1-2H3,(H,14,15). The van der Waals surface area contributed by atoms with Crippen LogP contribution in [0.2, 0.25) is 0 Å². The molecule has 1 aliphatic rings. The van der Waals surface area contributed by atoms with Crippen molar-refractivity contribution in [2.45, 2.75) is 20.3 Å². The molecule has 1 saturated heterocycles. The molecule has 1 fully saturated rings. The number of nitrogens with two attached hydrogens (primary N) is 1. The monoisotopic (exact) mass is 315 g/mol. The normalized spacial score (nSPS) is 17.1. The Kier molecular flexibility index (Phi) is 4.52. The molecule has 2 heterocycles. The van der Waals surface area contributed by atoms with Crippen LogP contribution in [0, 0.1) is 6.92 Å². The van der Waals surface area contributed by atoms with E-state index in [0.29, 0.717) is 44.0 Å². The van der Waals surface area contributed by atoms with E-state index < -0.39 is 10.0 Å². The largest absolute Gasteiger partial charge is 0.395 e. The summed E-state index contributed by atoms with van der Waals surface area (Å²) in [6, 6.07) is 0. The van der Waals surface area contributed by atoms with Gasteiger partial charge < -0.3 is 10.6 Å². The molecule has 0 saturated carbocycles. The first-order chi connectivity index (χ1) is 9.86. The van der Waals surface area contributed by atoms with Crippen LogP contribution in [0.5, 0.6) is 0 Å². The number of aromatic nitrogens is 2. The molecule has 0 aromatic carbocycles. The number of hydrogen-bond acceptors (Lipinski definition) is 5. The van der Waals surface area contributed by atoms with E-state index in [1.54, 1.807) is 11.8 Å². The maximum absolute atomic E-state index is 12.3. The van der Waals surface area contributed by atoms with Crippen molar-refractivity contribution < 1.29 is 13.2 Å². The number of rotatable bonds is 4. The van der Waals surface area contributed by atoms with Gasteiger partial charge in [-0.15, -0.1) is 0 Å². The van der Waals surface area contributed by atoms with E-state index in [1.807, 2.05) is 6.92 Å². The third-order valence-electron chi connectivity index (χ3n) is 3.58. The van der Waals surface area contributed by atoms with Crippen molar-refractivity contribution in [3.8, 4) is 0 Å². The van der Waals surface area contributed by atoms with Crippen LogP contribution in [-0.4, -0.2) is 65.7 Å². The molecule has 118 valence electrons. The molecular formula is C12H21N5O3S. The highest BCUT2D eigenvalue weighted by atomic mass is 32.2. The summed E-state index contributed by atoms with van der Waals surface area (Å²) in [5, 5.41) is 6.59. The van der Waals surface area contributed by atoms with Crippen LogP contribution in [-0.2, 0) is 10.0 Å². The molecule has 1 aromatic heterocycles. The van der Waals surface area contributed by atoms with Crippen LogP contribution < -0.4 is 5.73 Å². The van der Waals surface area contributed by atoms with Gasteiger partial charge in [0.05, 0.1) is 17.1 Å². The van der Waals surface area contributed by atoms with Crippen LogP contribution in [0.3, 0.4) is 0 Å². The molecule has 8 nitrogen and oxygen atoms in total. The molecule has 0 bridgehead atoms. The third-order valence-corrected chi connectivity index (χ3v) is 5.65. The summed E-state index contributed by atoms with van der Waals surface area (Å²) >= 11 is 0. The summed E-state index contributed by atoms with van der Waals surface area (Å²) in [5.74, 6) is -0.115. The van der Waals surface area contributed by atoms with Gasteiger partial charge >= 0.3 is 0 Å². The molecule has 0 radical (unpaired) electrons. The van der Waals surface area contributed by atoms with Gasteiger partial charge in [-0.2, -0.15) is 9.40 Å². The average molecular weight is 315 g/mol. The number of nitrogens with zero attached hydrogens (tertiary/aromatic N) is 3. The second kappa shape index (κ2) is 6.02. The van der Waals surface area contributed by atoms with Gasteiger partial charge in [-0.3, -0.25) is 9.89 Å². The number of hydrogen-bond donors (Lipinski definition) is 2. The number of nitrogens with one attached hydrogen (secondary N) is 1. The van der Waals surface area contributed by atoms with Crippen molar-refractivity contribution in [2.75, 3.05) is 37.7 Å². The number of aromatic amines is 1. The highest BCUT2D eigenvalue weighted by Crippen LogP contribution is 2.17. The van der Waals surface area contributed by atoms with E-state index in [4.69, 9.17) is 5.73 Å². The number of carbonyl (C=O) groups excluding carboxylic acids is 1. The summed E-state index contributed by atoms with van der Waals surface area (Å²) in [4.78, 5) is 13.9. The fourth-order valence-corrected chi connectivity index (χ4v) is 3.80. The maximum Gasteiger partial charge on any atom is 0.276 e. The second-order valence-electron chi connectivity index (χ2n) is 5.12. The number of nitrogen functional groups attached to an aromatic ring is 1. The molecule has 0 atom stereocenters. The Morgan fingerprint density at radius 1 is 1.33 bits per heavy atom. The van der Waals surface area contributed by atoms with Crippen molar-refractivity contribution in [3.63, 3.8) is 0 Å². The van der Waals surface area contributed by atoms with Gasteiger partial charge in [-0.1, -0.05) is 6.92 Å². The molecule has 1 aliphatic heterocycles. The van der Waals surface area contributed by atoms with Crippen molar-refractivity contribution in [2.24, 2.45) is 0 Å². The molecule has 0 aliphatic carbocycles. The predicted octanol–water partition coefficient (Wildman–Crippen LogP) is -0.202. The molecule has 9 heteroatoms. The van der Waals surface area contributed by atoms with Gasteiger partial charge in [0.1, 0.15) is 0 Å². The number of piperazine rings is 1. The number of H-pyrrole nitrogens is 1. The average Bonchev–Trinajstić information content (AvgIpc) is 2.78. The summed E-state index contributed by atoms with van der Waals surface area (Å²) in [5.41, 5.74) is 7.01. The van der Waals surface area contributed by atoms with Crippen LogP contribution in [0.15, 0.2) is 0 Å². The van der Waals surface area contributed by atoms with Crippen LogP contribution in [0.1, 0.15) is 29.5 Å². The Morgan fingerprint density at radius 2 is 1.95 bits per heavy atom. The molecule has 2 rings (SSSR count). The molecule has 21 heavy (non-hydrogen) atoms. The number of carbonyl (C=O) groups is 1. The number of aryl methyl sites for hydroxylation is 1. The Morgan fingerprint density at radius 3 is 2.43 bits per heavy atom. The van der Waals surface area contributed by atoms with E-state index in [0.717, 1.165) is 0 Å². The van der Waals surface area contributed by atoms with Crippen molar-refractivity contribution in [1.82, 2.24) is 19.4 Å². The minimum Gasteiger partial charge on any atom is -0.395 e. The van der Waals surface area contributed by atoms with Crippen LogP contribution >= 0.6 is 0 Å². The number of anilines is 1. The summed E-state index contributed by atoms with van der Waals surface area (Å²) in [7, 11) is -3.20. The lowest BCUT2D eigenvalue weighted by molar-refractivity contribution is 0.0693. The minimum absolute atomic E-state index is 0.145. The van der Waals surface area contributed by atoms with Gasteiger partial charge in [0.25, 0.3) is 5.91 Å². The summed E-state index contributed by atoms with van der Waals surface area (Å²) in [6.45, 7) is 4.92. The van der Waals surface area contributed by atoms with Gasteiger partial charge in [0.2, 0.25) is 10.0 Å². The smallest absolute Gasteiger partial charge is 0.276 e. The highest BCUT2D eigenvalue weighted by Gasteiger charge is 2.30. The van der Waals surface area contributed by atoms with E-state index in [1.165, 1.54) is 4.31 Å². The van der Waals surface area contributed by atoms with E-state index in [2.05, 4.69) is 10.2 Å². The molecule has 1 aromatic rings. The lowest BCUT2D eigenvalue weighted by Crippen LogP contribution is -2.51. The van der Waals surface area contributed by atoms with Crippen LogP contribution in [0.25, 0.3) is 0 Å². The Hall–Kier alpha value is -1.61. The SMILES string of the molecule is CCCS(=O)(=O)N1CCN(C(=O)c2n[nH]c(C)c2N)CC1. The zero-order chi connectivity index (χ0) is 15.6. The lowest BCUT2D eigenvalue weighted by Gasteiger charge is -2.33. The van der Waals surface area contributed by atoms with Gasteiger partial charge in [0.15, 0.2) is 5.69 Å². The van der Waals surface area contributed by atoms with E-state index in [-0.39, 0.29) is 17.4 Å². The fourth-order valence-electron chi connectivity index (χ4n) is 2.31.